The second kappa shape index (κ2) is 8.50. The Bertz CT molecular complexity index is 1490. The lowest BCUT2D eigenvalue weighted by Crippen LogP contribution is -2.39. The molecule has 0 fully saturated rings. The number of fused-ring (bicyclic) bond motifs is 3. The maximum atomic E-state index is 13.0. The molecule has 1 aromatic carbocycles. The molecule has 5 rings (SSSR count). The van der Waals surface area contributed by atoms with Crippen molar-refractivity contribution in [3.63, 3.8) is 0 Å². The van der Waals surface area contributed by atoms with Crippen molar-refractivity contribution < 1.29 is 9.90 Å². The number of hydrogen-bond donors (Lipinski definition) is 1. The minimum absolute atomic E-state index is 0.0357. The maximum Gasteiger partial charge on any atom is 0.255 e. The molecule has 1 aliphatic heterocycles. The molecule has 0 radical (unpaired) electrons. The zero-order valence-electron chi connectivity index (χ0n) is 20.6. The molecule has 0 aliphatic carbocycles. The molecule has 1 N–H and O–H groups in total. The van der Waals surface area contributed by atoms with Crippen molar-refractivity contribution >= 4 is 16.8 Å². The highest BCUT2D eigenvalue weighted by molar-refractivity contribution is 5.88. The van der Waals surface area contributed by atoms with Gasteiger partial charge >= 0.3 is 0 Å². The number of amides is 1. The first-order valence-electron chi connectivity index (χ1n) is 11.9. The normalized spacial score (nSPS) is 13.8. The maximum absolute atomic E-state index is 13.0. The summed E-state index contributed by atoms with van der Waals surface area (Å²) in [5.41, 5.74) is 5.65. The lowest BCUT2D eigenvalue weighted by molar-refractivity contribution is -0.136. The molecule has 3 aromatic heterocycles. The fourth-order valence-electron chi connectivity index (χ4n) is 4.90. The third-order valence-corrected chi connectivity index (χ3v) is 6.73. The van der Waals surface area contributed by atoms with Crippen molar-refractivity contribution in [2.45, 2.75) is 45.8 Å². The third kappa shape index (κ3) is 4.39. The Morgan fingerprint density at radius 3 is 2.63 bits per heavy atom. The van der Waals surface area contributed by atoms with Crippen molar-refractivity contribution in [1.82, 2.24) is 19.0 Å². The highest BCUT2D eigenvalue weighted by Gasteiger charge is 2.28. The molecular weight excluding hydrogens is 440 g/mol. The number of aromatic nitrogens is 3. The van der Waals surface area contributed by atoms with Crippen LogP contribution in [0.25, 0.3) is 27.8 Å². The number of carbonyl (C=O) groups is 1. The Morgan fingerprint density at radius 2 is 1.94 bits per heavy atom. The molecule has 7 heteroatoms. The van der Waals surface area contributed by atoms with Crippen LogP contribution in [0.15, 0.2) is 59.7 Å². The number of benzene rings is 1. The molecule has 1 aliphatic rings. The van der Waals surface area contributed by atoms with E-state index in [-0.39, 0.29) is 17.9 Å². The summed E-state index contributed by atoms with van der Waals surface area (Å²) in [5, 5.41) is 11.1. The summed E-state index contributed by atoms with van der Waals surface area (Å²) in [7, 11) is 2.04. The molecule has 0 spiro atoms. The highest BCUT2D eigenvalue weighted by Crippen LogP contribution is 2.32. The smallest absolute Gasteiger partial charge is 0.255 e. The van der Waals surface area contributed by atoms with Crippen LogP contribution < -0.4 is 5.56 Å². The fraction of sp³-hybridized carbons (Fsp3) is 0.321. The van der Waals surface area contributed by atoms with Gasteiger partial charge < -0.3 is 14.6 Å². The van der Waals surface area contributed by atoms with E-state index in [1.165, 1.54) is 5.69 Å². The quantitative estimate of drug-likeness (QED) is 0.493. The van der Waals surface area contributed by atoms with Crippen molar-refractivity contribution in [3.05, 3.63) is 82.0 Å². The van der Waals surface area contributed by atoms with Gasteiger partial charge in [-0.25, -0.2) is 0 Å². The predicted molar refractivity (Wildman–Crippen MR) is 137 cm³/mol. The minimum Gasteiger partial charge on any atom is -0.390 e. The van der Waals surface area contributed by atoms with Gasteiger partial charge in [0.05, 0.1) is 28.9 Å². The van der Waals surface area contributed by atoms with Crippen LogP contribution in [0.5, 0.6) is 0 Å². The van der Waals surface area contributed by atoms with Gasteiger partial charge in [-0.2, -0.15) is 0 Å². The molecule has 35 heavy (non-hydrogen) atoms. The minimum atomic E-state index is -1.02. The first kappa shape index (κ1) is 23.1. The van der Waals surface area contributed by atoms with E-state index in [4.69, 9.17) is 0 Å². The SMILES string of the molecule is Cc1ccc(-c2ccn(-c3ccc4c5c(n(C)c4c3)CCN(C(=O)CC(C)(C)O)C5)c(=O)c2)nc1. The van der Waals surface area contributed by atoms with Gasteiger partial charge in [-0.3, -0.25) is 19.1 Å². The summed E-state index contributed by atoms with van der Waals surface area (Å²) in [5.74, 6) is -0.0357. The molecule has 0 bridgehead atoms. The molecule has 0 saturated carbocycles. The summed E-state index contributed by atoms with van der Waals surface area (Å²) in [6, 6.07) is 13.4. The van der Waals surface area contributed by atoms with Crippen LogP contribution in [-0.2, 0) is 24.8 Å². The Morgan fingerprint density at radius 1 is 1.14 bits per heavy atom. The second-order valence-electron chi connectivity index (χ2n) is 10.1. The molecule has 7 nitrogen and oxygen atoms in total. The number of pyridine rings is 2. The van der Waals surface area contributed by atoms with E-state index in [1.54, 1.807) is 36.9 Å². The van der Waals surface area contributed by atoms with Crippen LogP contribution >= 0.6 is 0 Å². The van der Waals surface area contributed by atoms with E-state index < -0.39 is 5.60 Å². The monoisotopic (exact) mass is 470 g/mol. The van der Waals surface area contributed by atoms with Crippen LogP contribution in [0.2, 0.25) is 0 Å². The fourth-order valence-corrected chi connectivity index (χ4v) is 4.90. The average molecular weight is 471 g/mol. The van der Waals surface area contributed by atoms with Gasteiger partial charge in [0.15, 0.2) is 0 Å². The van der Waals surface area contributed by atoms with Crippen LogP contribution in [0.4, 0.5) is 0 Å². The van der Waals surface area contributed by atoms with Crippen molar-refractivity contribution in [2.75, 3.05) is 6.54 Å². The molecule has 0 atom stereocenters. The molecule has 0 saturated heterocycles. The molecule has 0 unspecified atom stereocenters. The van der Waals surface area contributed by atoms with E-state index in [2.05, 4.69) is 9.55 Å². The Hall–Kier alpha value is -3.71. The second-order valence-corrected chi connectivity index (χ2v) is 10.1. The zero-order chi connectivity index (χ0) is 24.9. The molecule has 4 heterocycles. The first-order chi connectivity index (χ1) is 16.6. The van der Waals surface area contributed by atoms with Gasteiger partial charge in [0.25, 0.3) is 5.56 Å². The van der Waals surface area contributed by atoms with E-state index in [0.29, 0.717) is 13.1 Å². The molecule has 1 amide bonds. The van der Waals surface area contributed by atoms with E-state index >= 15 is 0 Å². The summed E-state index contributed by atoms with van der Waals surface area (Å²) in [6.45, 7) is 6.46. The van der Waals surface area contributed by atoms with Crippen LogP contribution in [0, 0.1) is 6.92 Å². The number of aryl methyl sites for hydroxylation is 2. The lowest BCUT2D eigenvalue weighted by Gasteiger charge is -2.30. The van der Waals surface area contributed by atoms with Gasteiger partial charge in [0, 0.05) is 67.2 Å². The number of carbonyl (C=O) groups excluding carboxylic acids is 1. The number of aliphatic hydroxyl groups is 1. The average Bonchev–Trinajstić information content (AvgIpc) is 3.09. The summed E-state index contributed by atoms with van der Waals surface area (Å²) < 4.78 is 3.81. The number of hydrogen-bond acceptors (Lipinski definition) is 4. The van der Waals surface area contributed by atoms with Gasteiger partial charge in [-0.1, -0.05) is 12.1 Å². The largest absolute Gasteiger partial charge is 0.390 e. The van der Waals surface area contributed by atoms with Crippen LogP contribution in [0.1, 0.15) is 37.1 Å². The summed E-state index contributed by atoms with van der Waals surface area (Å²) >= 11 is 0. The van der Waals surface area contributed by atoms with Crippen molar-refractivity contribution in [1.29, 1.82) is 0 Å². The number of rotatable bonds is 4. The summed E-state index contributed by atoms with van der Waals surface area (Å²) in [4.78, 5) is 32.0. The molecule has 4 aromatic rings. The molecule has 180 valence electrons. The van der Waals surface area contributed by atoms with Gasteiger partial charge in [-0.15, -0.1) is 0 Å². The topological polar surface area (TPSA) is 80.4 Å². The highest BCUT2D eigenvalue weighted by atomic mass is 16.3. The standard InChI is InChI=1S/C28H30N4O3/c1-18-5-8-23(29-16-18)19-9-12-32(26(33)13-19)20-6-7-21-22-17-31(27(34)15-28(2,3)35)11-10-24(22)30(4)25(21)14-20/h5-9,12-14,16,35H,10-11,15,17H2,1-4H3. The van der Waals surface area contributed by atoms with Gasteiger partial charge in [0.1, 0.15) is 0 Å². The van der Waals surface area contributed by atoms with Crippen LogP contribution in [-0.4, -0.2) is 42.2 Å². The van der Waals surface area contributed by atoms with Crippen molar-refractivity contribution in [3.8, 4) is 16.9 Å². The number of nitrogens with zero attached hydrogens (tertiary/aromatic N) is 4. The zero-order valence-corrected chi connectivity index (χ0v) is 20.6. The predicted octanol–water partition coefficient (Wildman–Crippen LogP) is 3.75. The Balaban J connectivity index is 1.48. The lowest BCUT2D eigenvalue weighted by atomic mass is 10.0. The van der Waals surface area contributed by atoms with E-state index in [1.807, 2.05) is 55.3 Å². The van der Waals surface area contributed by atoms with Crippen LogP contribution in [0.3, 0.4) is 0 Å². The Kier molecular flexibility index (Phi) is 5.60. The van der Waals surface area contributed by atoms with Gasteiger partial charge in [-0.05, 0) is 50.6 Å². The Labute approximate surface area is 204 Å². The van der Waals surface area contributed by atoms with Gasteiger partial charge in [0.2, 0.25) is 5.91 Å². The first-order valence-corrected chi connectivity index (χ1v) is 11.9. The van der Waals surface area contributed by atoms with E-state index in [0.717, 1.165) is 45.4 Å². The summed E-state index contributed by atoms with van der Waals surface area (Å²) in [6.07, 6.45) is 4.45. The van der Waals surface area contributed by atoms with Crippen molar-refractivity contribution in [2.24, 2.45) is 7.05 Å². The van der Waals surface area contributed by atoms with E-state index in [9.17, 15) is 14.7 Å². The third-order valence-electron chi connectivity index (χ3n) is 6.73. The molecular formula is C28H30N4O3.